The normalized spacial score (nSPS) is 21.8. The summed E-state index contributed by atoms with van der Waals surface area (Å²) in [6, 6.07) is -1.17. The van der Waals surface area contributed by atoms with Gasteiger partial charge in [0.05, 0.1) is 24.0 Å². The van der Waals surface area contributed by atoms with Crippen molar-refractivity contribution in [3.8, 4) is 0 Å². The lowest BCUT2D eigenvalue weighted by Crippen LogP contribution is -2.55. The average molecular weight is 306 g/mol. The van der Waals surface area contributed by atoms with E-state index in [0.29, 0.717) is 12.5 Å². The van der Waals surface area contributed by atoms with Gasteiger partial charge in [0, 0.05) is 13.1 Å². The Morgan fingerprint density at radius 1 is 1.40 bits per heavy atom. The van der Waals surface area contributed by atoms with Gasteiger partial charge in [-0.2, -0.15) is 0 Å². The summed E-state index contributed by atoms with van der Waals surface area (Å²) in [5.41, 5.74) is 0. The summed E-state index contributed by atoms with van der Waals surface area (Å²) in [4.78, 5) is 24.1. The van der Waals surface area contributed by atoms with E-state index in [1.165, 1.54) is 4.90 Å². The first kappa shape index (κ1) is 16.7. The van der Waals surface area contributed by atoms with E-state index in [-0.39, 0.29) is 30.5 Å². The fraction of sp³-hybridized carbons (Fsp3) is 0.833. The number of aliphatic carboxylic acids is 1. The molecule has 0 bridgehead atoms. The van der Waals surface area contributed by atoms with Gasteiger partial charge in [-0.3, -0.25) is 4.79 Å². The fourth-order valence-electron chi connectivity index (χ4n) is 2.09. The van der Waals surface area contributed by atoms with E-state index in [2.05, 4.69) is 5.32 Å². The number of carbonyl (C=O) groups is 2. The molecule has 0 aliphatic carbocycles. The van der Waals surface area contributed by atoms with E-state index in [9.17, 15) is 18.0 Å². The fourth-order valence-corrected chi connectivity index (χ4v) is 3.62. The molecule has 2 N–H and O–H groups in total. The second kappa shape index (κ2) is 6.92. The first-order valence-corrected chi connectivity index (χ1v) is 8.50. The maximum absolute atomic E-state index is 12.0. The van der Waals surface area contributed by atoms with Crippen molar-refractivity contribution < 1.29 is 23.1 Å². The number of amides is 2. The van der Waals surface area contributed by atoms with Crippen LogP contribution in [0.5, 0.6) is 0 Å². The second-order valence-corrected chi connectivity index (χ2v) is 7.70. The van der Waals surface area contributed by atoms with Gasteiger partial charge < -0.3 is 15.3 Å². The van der Waals surface area contributed by atoms with Crippen molar-refractivity contribution in [3.05, 3.63) is 0 Å². The van der Waals surface area contributed by atoms with Gasteiger partial charge in [0.2, 0.25) is 0 Å². The summed E-state index contributed by atoms with van der Waals surface area (Å²) in [6.45, 7) is 4.62. The van der Waals surface area contributed by atoms with Crippen LogP contribution in [0, 0.1) is 5.92 Å². The molecule has 0 radical (unpaired) electrons. The molecule has 1 saturated heterocycles. The molecule has 1 unspecified atom stereocenters. The van der Waals surface area contributed by atoms with Crippen LogP contribution in [0.1, 0.15) is 26.7 Å². The van der Waals surface area contributed by atoms with Gasteiger partial charge in [0.15, 0.2) is 9.84 Å². The van der Waals surface area contributed by atoms with Crippen LogP contribution in [0.25, 0.3) is 0 Å². The molecule has 7 nitrogen and oxygen atoms in total. The molecule has 1 aliphatic heterocycles. The highest BCUT2D eigenvalue weighted by Gasteiger charge is 2.35. The number of urea groups is 1. The van der Waals surface area contributed by atoms with Crippen molar-refractivity contribution in [2.24, 2.45) is 5.92 Å². The third-order valence-corrected chi connectivity index (χ3v) is 4.90. The summed E-state index contributed by atoms with van der Waals surface area (Å²) >= 11 is 0. The van der Waals surface area contributed by atoms with Gasteiger partial charge in [-0.25, -0.2) is 13.2 Å². The number of carboxylic acids is 1. The Kier molecular flexibility index (Phi) is 5.79. The monoisotopic (exact) mass is 306 g/mol. The molecular formula is C12H22N2O5S. The van der Waals surface area contributed by atoms with E-state index in [1.807, 2.05) is 13.8 Å². The zero-order valence-corrected chi connectivity index (χ0v) is 12.6. The molecule has 0 spiro atoms. The Hall–Kier alpha value is -1.31. The number of sulfone groups is 1. The molecule has 0 aromatic carbocycles. The number of nitrogens with zero attached hydrogens (tertiary/aromatic N) is 1. The number of rotatable bonds is 5. The van der Waals surface area contributed by atoms with Crippen LogP contribution in [0.2, 0.25) is 0 Å². The zero-order valence-electron chi connectivity index (χ0n) is 11.8. The van der Waals surface area contributed by atoms with Crippen molar-refractivity contribution in [2.75, 3.05) is 24.6 Å². The minimum Gasteiger partial charge on any atom is -0.481 e. The minimum absolute atomic E-state index is 0.0494. The summed E-state index contributed by atoms with van der Waals surface area (Å²) in [7, 11) is -3.26. The first-order valence-electron chi connectivity index (χ1n) is 6.68. The van der Waals surface area contributed by atoms with Gasteiger partial charge >= 0.3 is 12.0 Å². The molecule has 20 heavy (non-hydrogen) atoms. The lowest BCUT2D eigenvalue weighted by atomic mass is 10.1. The molecule has 0 saturated carbocycles. The molecule has 1 aliphatic rings. The topological polar surface area (TPSA) is 104 Å². The maximum atomic E-state index is 12.0. The van der Waals surface area contributed by atoms with Gasteiger partial charge in [0.25, 0.3) is 0 Å². The molecule has 2 amide bonds. The van der Waals surface area contributed by atoms with Crippen molar-refractivity contribution in [1.82, 2.24) is 10.2 Å². The van der Waals surface area contributed by atoms with Gasteiger partial charge in [0.1, 0.15) is 0 Å². The Balaban J connectivity index is 2.64. The summed E-state index contributed by atoms with van der Waals surface area (Å²) < 4.78 is 23.1. The average Bonchev–Trinajstić information content (AvgIpc) is 2.26. The van der Waals surface area contributed by atoms with Gasteiger partial charge in [-0.15, -0.1) is 0 Å². The minimum atomic E-state index is -3.26. The summed E-state index contributed by atoms with van der Waals surface area (Å²) in [5.74, 6) is -1.05. The van der Waals surface area contributed by atoms with Crippen molar-refractivity contribution in [2.45, 2.75) is 32.7 Å². The third kappa shape index (κ3) is 5.36. The number of nitrogens with one attached hydrogen (secondary N) is 1. The summed E-state index contributed by atoms with van der Waals surface area (Å²) in [6.07, 6.45) is 0.471. The van der Waals surface area contributed by atoms with Gasteiger partial charge in [-0.1, -0.05) is 13.8 Å². The largest absolute Gasteiger partial charge is 0.481 e. The van der Waals surface area contributed by atoms with Crippen LogP contribution >= 0.6 is 0 Å². The Bertz CT molecular complexity index is 460. The lowest BCUT2D eigenvalue weighted by Gasteiger charge is -2.34. The van der Waals surface area contributed by atoms with E-state index >= 15 is 0 Å². The predicted octanol–water partition coefficient (Wildman–Crippen LogP) is 0.316. The molecule has 8 heteroatoms. The van der Waals surface area contributed by atoms with Crippen molar-refractivity contribution in [3.63, 3.8) is 0 Å². The first-order chi connectivity index (χ1) is 9.21. The number of hydrogen-bond acceptors (Lipinski definition) is 4. The summed E-state index contributed by atoms with van der Waals surface area (Å²) in [5, 5.41) is 11.5. The molecule has 1 heterocycles. The van der Waals surface area contributed by atoms with Crippen molar-refractivity contribution >= 4 is 21.8 Å². The number of carboxylic acid groups (broad SMARTS) is 1. The Morgan fingerprint density at radius 3 is 2.60 bits per heavy atom. The highest BCUT2D eigenvalue weighted by Crippen LogP contribution is 2.15. The Morgan fingerprint density at radius 2 is 2.05 bits per heavy atom. The van der Waals surface area contributed by atoms with E-state index in [4.69, 9.17) is 5.11 Å². The molecule has 1 rings (SSSR count). The molecule has 1 atom stereocenters. The van der Waals surface area contributed by atoms with Crippen LogP contribution in [-0.2, 0) is 14.6 Å². The van der Waals surface area contributed by atoms with Crippen LogP contribution in [0.15, 0.2) is 0 Å². The molecule has 0 aromatic heterocycles. The molecule has 0 aromatic rings. The smallest absolute Gasteiger partial charge is 0.317 e. The number of carbonyl (C=O) groups excluding carboxylic acids is 1. The van der Waals surface area contributed by atoms with Crippen LogP contribution in [0.4, 0.5) is 4.79 Å². The SMILES string of the molecule is CC(C)CCNC(=O)N1CCS(=O)(=O)CC1CC(=O)O. The molecule has 1 fully saturated rings. The van der Waals surface area contributed by atoms with Crippen LogP contribution in [0.3, 0.4) is 0 Å². The molecule has 116 valence electrons. The second-order valence-electron chi connectivity index (χ2n) is 5.47. The highest BCUT2D eigenvalue weighted by molar-refractivity contribution is 7.91. The maximum Gasteiger partial charge on any atom is 0.317 e. The van der Waals surface area contributed by atoms with Crippen LogP contribution in [-0.4, -0.2) is 61.1 Å². The predicted molar refractivity (Wildman–Crippen MR) is 74.3 cm³/mol. The zero-order chi connectivity index (χ0) is 15.3. The molecular weight excluding hydrogens is 284 g/mol. The van der Waals surface area contributed by atoms with Gasteiger partial charge in [-0.05, 0) is 12.3 Å². The van der Waals surface area contributed by atoms with Crippen molar-refractivity contribution in [1.29, 1.82) is 0 Å². The van der Waals surface area contributed by atoms with Crippen LogP contribution < -0.4 is 5.32 Å². The van der Waals surface area contributed by atoms with E-state index in [0.717, 1.165) is 6.42 Å². The standard InChI is InChI=1S/C12H22N2O5S/c1-9(2)3-4-13-12(17)14-5-6-20(18,19)8-10(14)7-11(15)16/h9-10H,3-8H2,1-2H3,(H,13,17)(H,15,16). The lowest BCUT2D eigenvalue weighted by molar-refractivity contribution is -0.138. The quantitative estimate of drug-likeness (QED) is 0.761. The highest BCUT2D eigenvalue weighted by atomic mass is 32.2. The van der Waals surface area contributed by atoms with E-state index < -0.39 is 21.8 Å². The third-order valence-electron chi connectivity index (χ3n) is 3.20. The Labute approximate surface area is 119 Å². The van der Waals surface area contributed by atoms with E-state index in [1.54, 1.807) is 0 Å². The number of hydrogen-bond donors (Lipinski definition) is 2.